The van der Waals surface area contributed by atoms with E-state index in [0.29, 0.717) is 12.8 Å². The molecule has 7 heteroatoms. The quantitative estimate of drug-likeness (QED) is 0.847. The lowest BCUT2D eigenvalue weighted by Crippen LogP contribution is -2.62. The third-order valence-corrected chi connectivity index (χ3v) is 3.65. The Morgan fingerprint density at radius 1 is 1.30 bits per heavy atom. The number of esters is 1. The summed E-state index contributed by atoms with van der Waals surface area (Å²) in [6.07, 6.45) is -3.78. The zero-order valence-electron chi connectivity index (χ0n) is 10.5. The number of cyclic esters (lactones) is 1. The minimum Gasteiger partial charge on any atom is -0.414 e. The maximum Gasteiger partial charge on any atom is 0.465 e. The molecule has 4 nitrogen and oxygen atoms in total. The zero-order valence-corrected chi connectivity index (χ0v) is 10.5. The van der Waals surface area contributed by atoms with Crippen molar-refractivity contribution in [1.82, 2.24) is 4.90 Å². The van der Waals surface area contributed by atoms with Gasteiger partial charge in [-0.3, -0.25) is 4.79 Å². The fraction of sp³-hybridized carbons (Fsp3) is 0.462. The second-order valence-corrected chi connectivity index (χ2v) is 4.91. The number of halogens is 3. The number of rotatable bonds is 2. The highest BCUT2D eigenvalue weighted by atomic mass is 19.4. The third kappa shape index (κ3) is 1.84. The molecule has 2 atom stereocenters. The van der Waals surface area contributed by atoms with E-state index >= 15 is 0 Å². The Morgan fingerprint density at radius 3 is 2.65 bits per heavy atom. The van der Waals surface area contributed by atoms with Crippen LogP contribution in [0, 0.1) is 0 Å². The number of nitrogens with zero attached hydrogens (tertiary/aromatic N) is 1. The molecule has 2 saturated heterocycles. The van der Waals surface area contributed by atoms with Crippen LogP contribution < -0.4 is 5.32 Å². The molecule has 20 heavy (non-hydrogen) atoms. The highest BCUT2D eigenvalue weighted by molar-refractivity contribution is 5.79. The number of carbonyl (C=O) groups is 1. The Labute approximate surface area is 113 Å². The summed E-state index contributed by atoms with van der Waals surface area (Å²) in [6, 6.07) is 7.13. The van der Waals surface area contributed by atoms with Gasteiger partial charge in [-0.1, -0.05) is 18.2 Å². The van der Waals surface area contributed by atoms with Crippen molar-refractivity contribution in [2.24, 2.45) is 0 Å². The molecule has 108 valence electrons. The molecule has 2 aliphatic heterocycles. The summed E-state index contributed by atoms with van der Waals surface area (Å²) in [5, 5.41) is 2.35. The Balaban J connectivity index is 2.00. The van der Waals surface area contributed by atoms with Crippen LogP contribution >= 0.6 is 0 Å². The van der Waals surface area contributed by atoms with E-state index in [-0.39, 0.29) is 12.2 Å². The molecule has 0 amide bonds. The molecular formula is C13H13F3N2O2. The number of fused-ring (bicyclic) bond motifs is 1. The van der Waals surface area contributed by atoms with Gasteiger partial charge < -0.3 is 10.1 Å². The van der Waals surface area contributed by atoms with Gasteiger partial charge in [0.05, 0.1) is 0 Å². The highest BCUT2D eigenvalue weighted by Gasteiger charge is 2.70. The third-order valence-electron chi connectivity index (χ3n) is 3.65. The van der Waals surface area contributed by atoms with E-state index in [1.807, 2.05) is 0 Å². The van der Waals surface area contributed by atoms with Crippen LogP contribution in [0.1, 0.15) is 12.8 Å². The lowest BCUT2D eigenvalue weighted by Gasteiger charge is -2.37. The molecule has 0 aromatic heterocycles. The highest BCUT2D eigenvalue weighted by Crippen LogP contribution is 2.45. The van der Waals surface area contributed by atoms with Gasteiger partial charge in [0.15, 0.2) is 0 Å². The lowest BCUT2D eigenvalue weighted by atomic mass is 10.2. The average molecular weight is 286 g/mol. The summed E-state index contributed by atoms with van der Waals surface area (Å²) >= 11 is 0. The molecule has 2 heterocycles. The van der Waals surface area contributed by atoms with Crippen molar-refractivity contribution in [3.8, 4) is 0 Å². The van der Waals surface area contributed by atoms with Crippen molar-refractivity contribution in [3.05, 3.63) is 30.3 Å². The van der Waals surface area contributed by atoms with Gasteiger partial charge in [-0.25, -0.2) is 4.90 Å². The van der Waals surface area contributed by atoms with Gasteiger partial charge in [0.2, 0.25) is 0 Å². The van der Waals surface area contributed by atoms with Crippen LogP contribution in [0.15, 0.2) is 30.3 Å². The zero-order chi connectivity index (χ0) is 14.4. The topological polar surface area (TPSA) is 41.6 Å². The molecule has 0 saturated carbocycles. The Kier molecular flexibility index (Phi) is 2.89. The number of nitrogens with one attached hydrogen (secondary N) is 1. The second kappa shape index (κ2) is 4.37. The SMILES string of the molecule is O=C1O[C@](Nc2ccccc2)(C(F)(F)F)N2CCC[C@H]12. The van der Waals surface area contributed by atoms with Gasteiger partial charge in [0, 0.05) is 12.2 Å². The van der Waals surface area contributed by atoms with E-state index in [1.54, 1.807) is 18.2 Å². The largest absolute Gasteiger partial charge is 0.465 e. The summed E-state index contributed by atoms with van der Waals surface area (Å²) in [4.78, 5) is 12.8. The summed E-state index contributed by atoms with van der Waals surface area (Å²) in [5.74, 6) is -3.57. The first-order valence-corrected chi connectivity index (χ1v) is 6.33. The summed E-state index contributed by atoms with van der Waals surface area (Å²) in [7, 11) is 0. The molecule has 2 aliphatic rings. The number of carbonyl (C=O) groups excluding carboxylic acids is 1. The fourth-order valence-electron chi connectivity index (χ4n) is 2.77. The molecule has 0 aliphatic carbocycles. The lowest BCUT2D eigenvalue weighted by molar-refractivity contribution is -0.286. The number of ether oxygens (including phenoxy) is 1. The second-order valence-electron chi connectivity index (χ2n) is 4.91. The van der Waals surface area contributed by atoms with Gasteiger partial charge in [0.25, 0.3) is 0 Å². The predicted molar refractivity (Wildman–Crippen MR) is 64.7 cm³/mol. The van der Waals surface area contributed by atoms with Crippen molar-refractivity contribution in [2.45, 2.75) is 30.9 Å². The maximum absolute atomic E-state index is 13.5. The molecule has 3 rings (SSSR count). The molecule has 0 unspecified atom stereocenters. The van der Waals surface area contributed by atoms with Crippen molar-refractivity contribution < 1.29 is 22.7 Å². The molecule has 0 radical (unpaired) electrons. The Morgan fingerprint density at radius 2 is 2.00 bits per heavy atom. The van der Waals surface area contributed by atoms with E-state index in [1.165, 1.54) is 12.1 Å². The Hall–Kier alpha value is -1.76. The fourth-order valence-corrected chi connectivity index (χ4v) is 2.77. The van der Waals surface area contributed by atoms with Gasteiger partial charge in [-0.05, 0) is 25.0 Å². The molecule has 0 bridgehead atoms. The van der Waals surface area contributed by atoms with Crippen LogP contribution in [0.25, 0.3) is 0 Å². The summed E-state index contributed by atoms with van der Waals surface area (Å²) in [5.41, 5.74) is 0.255. The first-order chi connectivity index (χ1) is 9.44. The monoisotopic (exact) mass is 286 g/mol. The number of hydrogen-bond acceptors (Lipinski definition) is 4. The van der Waals surface area contributed by atoms with E-state index in [4.69, 9.17) is 4.74 Å². The van der Waals surface area contributed by atoms with Crippen LogP contribution in [-0.4, -0.2) is 35.5 Å². The van der Waals surface area contributed by atoms with Crippen LogP contribution in [0.2, 0.25) is 0 Å². The number of para-hydroxylation sites is 1. The van der Waals surface area contributed by atoms with E-state index in [2.05, 4.69) is 5.32 Å². The average Bonchev–Trinajstić information content (AvgIpc) is 2.95. The smallest absolute Gasteiger partial charge is 0.414 e. The van der Waals surface area contributed by atoms with Gasteiger partial charge in [-0.15, -0.1) is 0 Å². The first-order valence-electron chi connectivity index (χ1n) is 6.33. The summed E-state index contributed by atoms with van der Waals surface area (Å²) in [6.45, 7) is 0.176. The van der Waals surface area contributed by atoms with Crippen molar-refractivity contribution in [1.29, 1.82) is 0 Å². The van der Waals surface area contributed by atoms with Gasteiger partial charge >= 0.3 is 18.0 Å². The minimum atomic E-state index is -4.72. The van der Waals surface area contributed by atoms with Crippen LogP contribution in [0.4, 0.5) is 18.9 Å². The maximum atomic E-state index is 13.5. The number of benzene rings is 1. The minimum absolute atomic E-state index is 0.176. The van der Waals surface area contributed by atoms with Gasteiger partial charge in [0.1, 0.15) is 6.04 Å². The predicted octanol–water partition coefficient (Wildman–Crippen LogP) is 2.34. The van der Waals surface area contributed by atoms with Crippen LogP contribution in [-0.2, 0) is 9.53 Å². The Bertz CT molecular complexity index is 520. The number of hydrogen-bond donors (Lipinski definition) is 1. The standard InChI is InChI=1S/C13H13F3N2O2/c14-12(15,16)13(17-9-5-2-1-3-6-9)18-8-4-7-10(18)11(19)20-13/h1-3,5-6,10,17H,4,7-8H2/t10-,13+/m1/s1. The molecule has 1 N–H and O–H groups in total. The normalized spacial score (nSPS) is 30.1. The number of anilines is 1. The van der Waals surface area contributed by atoms with E-state index in [9.17, 15) is 18.0 Å². The van der Waals surface area contributed by atoms with Crippen molar-refractivity contribution in [2.75, 3.05) is 11.9 Å². The van der Waals surface area contributed by atoms with Gasteiger partial charge in [-0.2, -0.15) is 13.2 Å². The molecule has 1 aromatic rings. The first kappa shape index (κ1) is 13.2. The van der Waals surface area contributed by atoms with Crippen molar-refractivity contribution >= 4 is 11.7 Å². The molecule has 0 spiro atoms. The van der Waals surface area contributed by atoms with Crippen LogP contribution in [0.5, 0.6) is 0 Å². The van der Waals surface area contributed by atoms with E-state index in [0.717, 1.165) is 4.90 Å². The molecular weight excluding hydrogens is 273 g/mol. The van der Waals surface area contributed by atoms with Crippen molar-refractivity contribution in [3.63, 3.8) is 0 Å². The van der Waals surface area contributed by atoms with Crippen LogP contribution in [0.3, 0.4) is 0 Å². The molecule has 2 fully saturated rings. The summed E-state index contributed by atoms with van der Waals surface area (Å²) < 4.78 is 45.3. The molecule has 1 aromatic carbocycles. The van der Waals surface area contributed by atoms with E-state index < -0.39 is 24.0 Å². The number of alkyl halides is 3.